The van der Waals surface area contributed by atoms with Gasteiger partial charge in [0.2, 0.25) is 10.0 Å². The molecule has 1 aromatic carbocycles. The van der Waals surface area contributed by atoms with Crippen molar-refractivity contribution in [2.45, 2.75) is 57.0 Å². The molecule has 0 radical (unpaired) electrons. The van der Waals surface area contributed by atoms with Gasteiger partial charge in [-0.1, -0.05) is 26.0 Å². The fourth-order valence-electron chi connectivity index (χ4n) is 3.48. The van der Waals surface area contributed by atoms with Gasteiger partial charge in [0.1, 0.15) is 5.82 Å². The van der Waals surface area contributed by atoms with Gasteiger partial charge in [-0.2, -0.15) is 9.40 Å². The maximum absolute atomic E-state index is 13.0. The fraction of sp³-hybridized carbons (Fsp3) is 0.556. The van der Waals surface area contributed by atoms with E-state index < -0.39 is 10.0 Å². The number of hydrogen-bond donors (Lipinski definition) is 1. The highest BCUT2D eigenvalue weighted by atomic mass is 32.2. The number of benzene rings is 1. The standard InChI is InChI=1S/C18H26N4O3S/c1-13(2)12-14-4-7-16(8-5-14)26(24,25)21(3)15-6-9-17-19-20-18(23)22(17)11-10-15/h4-5,7-8,13,15H,6,9-12H2,1-3H3,(H,20,23). The van der Waals surface area contributed by atoms with Gasteiger partial charge < -0.3 is 0 Å². The number of nitrogens with one attached hydrogen (secondary N) is 1. The van der Waals surface area contributed by atoms with Crippen molar-refractivity contribution in [3.8, 4) is 0 Å². The predicted molar refractivity (Wildman–Crippen MR) is 99.5 cm³/mol. The molecule has 26 heavy (non-hydrogen) atoms. The SMILES string of the molecule is CC(C)Cc1ccc(S(=O)(=O)N(C)C2CCc3n[nH]c(=O)n3CC2)cc1. The summed E-state index contributed by atoms with van der Waals surface area (Å²) in [6, 6.07) is 7.01. The van der Waals surface area contributed by atoms with Crippen molar-refractivity contribution < 1.29 is 8.42 Å². The zero-order valence-corrected chi connectivity index (χ0v) is 16.3. The monoisotopic (exact) mass is 378 g/mol. The zero-order chi connectivity index (χ0) is 18.9. The van der Waals surface area contributed by atoms with E-state index in [0.29, 0.717) is 42.4 Å². The molecule has 1 aliphatic rings. The summed E-state index contributed by atoms with van der Waals surface area (Å²) < 4.78 is 29.0. The minimum Gasteiger partial charge on any atom is -0.279 e. The van der Waals surface area contributed by atoms with Crippen LogP contribution in [-0.4, -0.2) is 40.6 Å². The van der Waals surface area contributed by atoms with E-state index >= 15 is 0 Å². The lowest BCUT2D eigenvalue weighted by Crippen LogP contribution is -2.37. The fourth-order valence-corrected chi connectivity index (χ4v) is 4.90. The number of hydrogen-bond acceptors (Lipinski definition) is 4. The minimum absolute atomic E-state index is 0.156. The average Bonchev–Trinajstić information content (AvgIpc) is 2.81. The predicted octanol–water partition coefficient (Wildman–Crippen LogP) is 1.80. The second-order valence-electron chi connectivity index (χ2n) is 7.34. The first-order chi connectivity index (χ1) is 12.3. The Morgan fingerprint density at radius 1 is 1.27 bits per heavy atom. The van der Waals surface area contributed by atoms with Crippen LogP contribution in [0.3, 0.4) is 0 Å². The number of aromatic amines is 1. The van der Waals surface area contributed by atoms with E-state index in [4.69, 9.17) is 0 Å². The van der Waals surface area contributed by atoms with Crippen LogP contribution in [0.1, 0.15) is 38.1 Å². The molecule has 1 aliphatic heterocycles. The summed E-state index contributed by atoms with van der Waals surface area (Å²) in [6.07, 6.45) is 2.74. The molecule has 0 saturated heterocycles. The van der Waals surface area contributed by atoms with E-state index in [9.17, 15) is 13.2 Å². The number of aryl methyl sites for hydroxylation is 1. The summed E-state index contributed by atoms with van der Waals surface area (Å²) in [6.45, 7) is 4.75. The Kier molecular flexibility index (Phi) is 5.34. The lowest BCUT2D eigenvalue weighted by Gasteiger charge is -2.26. The third-order valence-corrected chi connectivity index (χ3v) is 6.91. The van der Waals surface area contributed by atoms with Crippen LogP contribution in [0.4, 0.5) is 0 Å². The quantitative estimate of drug-likeness (QED) is 0.859. The topological polar surface area (TPSA) is 88.1 Å². The van der Waals surface area contributed by atoms with Gasteiger partial charge in [0, 0.05) is 26.1 Å². The van der Waals surface area contributed by atoms with E-state index in [0.717, 1.165) is 12.0 Å². The molecule has 7 nitrogen and oxygen atoms in total. The number of fused-ring (bicyclic) bond motifs is 1. The van der Waals surface area contributed by atoms with Crippen LogP contribution in [0.5, 0.6) is 0 Å². The summed E-state index contributed by atoms with van der Waals surface area (Å²) in [5.74, 6) is 1.22. The van der Waals surface area contributed by atoms with E-state index in [1.54, 1.807) is 23.7 Å². The van der Waals surface area contributed by atoms with Crippen molar-refractivity contribution in [1.82, 2.24) is 19.1 Å². The number of sulfonamides is 1. The van der Waals surface area contributed by atoms with Gasteiger partial charge in [0.25, 0.3) is 0 Å². The summed E-state index contributed by atoms with van der Waals surface area (Å²) in [5.41, 5.74) is 0.910. The minimum atomic E-state index is -3.56. The zero-order valence-electron chi connectivity index (χ0n) is 15.5. The van der Waals surface area contributed by atoms with Crippen LogP contribution < -0.4 is 5.69 Å². The first kappa shape index (κ1) is 18.8. The average molecular weight is 378 g/mol. The molecule has 1 aromatic heterocycles. The number of H-pyrrole nitrogens is 1. The highest BCUT2D eigenvalue weighted by Crippen LogP contribution is 2.23. The van der Waals surface area contributed by atoms with Gasteiger partial charge in [-0.3, -0.25) is 4.57 Å². The van der Waals surface area contributed by atoms with Gasteiger partial charge in [-0.25, -0.2) is 18.3 Å². The van der Waals surface area contributed by atoms with Gasteiger partial charge in [0.15, 0.2) is 0 Å². The molecule has 0 amide bonds. The van der Waals surface area contributed by atoms with Crippen molar-refractivity contribution in [3.05, 3.63) is 46.1 Å². The van der Waals surface area contributed by atoms with Crippen LogP contribution in [0, 0.1) is 5.92 Å². The highest BCUT2D eigenvalue weighted by molar-refractivity contribution is 7.89. The molecule has 142 valence electrons. The molecule has 0 fully saturated rings. The van der Waals surface area contributed by atoms with Crippen molar-refractivity contribution in [2.75, 3.05) is 7.05 Å². The number of rotatable bonds is 5. The van der Waals surface area contributed by atoms with Crippen LogP contribution >= 0.6 is 0 Å². The Balaban J connectivity index is 1.76. The van der Waals surface area contributed by atoms with E-state index in [1.807, 2.05) is 12.1 Å². The molecule has 0 saturated carbocycles. The third-order valence-electron chi connectivity index (χ3n) is 4.98. The molecule has 0 bridgehead atoms. The Labute approximate surface area is 154 Å². The molecule has 1 N–H and O–H groups in total. The maximum atomic E-state index is 13.0. The smallest absolute Gasteiger partial charge is 0.279 e. The van der Waals surface area contributed by atoms with E-state index in [1.165, 1.54) is 4.31 Å². The molecule has 1 atom stereocenters. The first-order valence-electron chi connectivity index (χ1n) is 9.00. The van der Waals surface area contributed by atoms with Crippen molar-refractivity contribution in [1.29, 1.82) is 0 Å². The lowest BCUT2D eigenvalue weighted by atomic mass is 10.0. The molecule has 3 rings (SSSR count). The molecule has 8 heteroatoms. The Bertz CT molecular complexity index is 913. The third kappa shape index (κ3) is 3.76. The van der Waals surface area contributed by atoms with Gasteiger partial charge in [-0.15, -0.1) is 0 Å². The van der Waals surface area contributed by atoms with Gasteiger partial charge in [0.05, 0.1) is 4.90 Å². The van der Waals surface area contributed by atoms with Gasteiger partial charge >= 0.3 is 5.69 Å². The number of nitrogens with zero attached hydrogens (tertiary/aromatic N) is 3. The van der Waals surface area contributed by atoms with Crippen LogP contribution in [0.15, 0.2) is 34.0 Å². The molecule has 0 spiro atoms. The van der Waals surface area contributed by atoms with E-state index in [2.05, 4.69) is 24.0 Å². The summed E-state index contributed by atoms with van der Waals surface area (Å²) in [4.78, 5) is 12.0. The van der Waals surface area contributed by atoms with Gasteiger partial charge in [-0.05, 0) is 42.9 Å². The highest BCUT2D eigenvalue weighted by Gasteiger charge is 2.30. The van der Waals surface area contributed by atoms with E-state index in [-0.39, 0.29) is 11.7 Å². The largest absolute Gasteiger partial charge is 0.343 e. The Morgan fingerprint density at radius 3 is 2.62 bits per heavy atom. The Morgan fingerprint density at radius 2 is 1.96 bits per heavy atom. The molecule has 1 unspecified atom stereocenters. The molecule has 2 heterocycles. The normalized spacial score (nSPS) is 18.1. The molecule has 2 aromatic rings. The number of aromatic nitrogens is 3. The first-order valence-corrected chi connectivity index (χ1v) is 10.4. The molecule has 0 aliphatic carbocycles. The van der Waals surface area contributed by atoms with Crippen molar-refractivity contribution in [3.63, 3.8) is 0 Å². The molecular weight excluding hydrogens is 352 g/mol. The van der Waals surface area contributed by atoms with Crippen LogP contribution in [0.2, 0.25) is 0 Å². The summed E-state index contributed by atoms with van der Waals surface area (Å²) in [5, 5.41) is 6.47. The van der Waals surface area contributed by atoms with Crippen LogP contribution in [-0.2, 0) is 29.4 Å². The Hall–Kier alpha value is -1.93. The van der Waals surface area contributed by atoms with Crippen molar-refractivity contribution in [2.24, 2.45) is 5.92 Å². The summed E-state index contributed by atoms with van der Waals surface area (Å²) in [7, 11) is -1.94. The van der Waals surface area contributed by atoms with Crippen LogP contribution in [0.25, 0.3) is 0 Å². The maximum Gasteiger partial charge on any atom is 0.343 e. The molecular formula is C18H26N4O3S. The summed E-state index contributed by atoms with van der Waals surface area (Å²) >= 11 is 0. The second-order valence-corrected chi connectivity index (χ2v) is 9.34. The second kappa shape index (κ2) is 7.36. The van der Waals surface area contributed by atoms with Crippen molar-refractivity contribution >= 4 is 10.0 Å². The lowest BCUT2D eigenvalue weighted by molar-refractivity contribution is 0.330.